The van der Waals surface area contributed by atoms with Crippen LogP contribution in [-0.4, -0.2) is 19.4 Å². The molecule has 0 aromatic heterocycles. The zero-order valence-electron chi connectivity index (χ0n) is 11.4. The molecule has 1 atom stereocenters. The van der Waals surface area contributed by atoms with E-state index in [1.165, 1.54) is 5.56 Å². The van der Waals surface area contributed by atoms with Gasteiger partial charge in [-0.15, -0.1) is 0 Å². The van der Waals surface area contributed by atoms with Crippen LogP contribution in [-0.2, 0) is 6.54 Å². The molecule has 0 saturated heterocycles. The summed E-state index contributed by atoms with van der Waals surface area (Å²) in [5.74, 6) is 0.823. The Morgan fingerprint density at radius 2 is 1.90 bits per heavy atom. The summed E-state index contributed by atoms with van der Waals surface area (Å²) in [6.07, 6.45) is 0. The molecule has 1 unspecified atom stereocenters. The van der Waals surface area contributed by atoms with Crippen LogP contribution in [0, 0.1) is 0 Å². The highest BCUT2D eigenvalue weighted by Crippen LogP contribution is 2.27. The van der Waals surface area contributed by atoms with E-state index in [4.69, 9.17) is 4.74 Å². The Bertz CT molecular complexity index is 619. The zero-order chi connectivity index (χ0) is 13.9. The molecular weight excluding hydrogens is 250 g/mol. The quantitative estimate of drug-likeness (QED) is 0.869. The summed E-state index contributed by atoms with van der Waals surface area (Å²) in [7, 11) is 1.62. The van der Waals surface area contributed by atoms with Gasteiger partial charge >= 0.3 is 0 Å². The fourth-order valence-electron chi connectivity index (χ4n) is 2.69. The third-order valence-corrected chi connectivity index (χ3v) is 3.79. The number of carbonyl (C=O) groups is 1. The van der Waals surface area contributed by atoms with Crippen LogP contribution in [0.3, 0.4) is 0 Å². The van der Waals surface area contributed by atoms with Crippen LogP contribution in [0.15, 0.2) is 48.5 Å². The summed E-state index contributed by atoms with van der Waals surface area (Å²) >= 11 is 0. The molecule has 3 nitrogen and oxygen atoms in total. The van der Waals surface area contributed by atoms with Gasteiger partial charge in [0.05, 0.1) is 13.0 Å². The molecule has 0 spiro atoms. The molecule has 3 rings (SSSR count). The fourth-order valence-corrected chi connectivity index (χ4v) is 2.69. The summed E-state index contributed by atoms with van der Waals surface area (Å²) in [4.78, 5) is 12.7. The fraction of sp³-hybridized carbons (Fsp3) is 0.235. The van der Waals surface area contributed by atoms with Gasteiger partial charge in [-0.05, 0) is 35.4 Å². The number of methoxy groups -OCH3 is 1. The Balaban J connectivity index is 1.91. The Morgan fingerprint density at radius 3 is 2.65 bits per heavy atom. The third kappa shape index (κ3) is 2.32. The van der Waals surface area contributed by atoms with Crippen LogP contribution in [0.5, 0.6) is 5.75 Å². The first-order valence-electron chi connectivity index (χ1n) is 6.76. The lowest BCUT2D eigenvalue weighted by molar-refractivity contribution is 0.0955. The van der Waals surface area contributed by atoms with Gasteiger partial charge in [-0.25, -0.2) is 0 Å². The summed E-state index contributed by atoms with van der Waals surface area (Å²) in [5, 5.41) is 3.32. The first-order chi connectivity index (χ1) is 9.79. The Morgan fingerprint density at radius 1 is 1.15 bits per heavy atom. The van der Waals surface area contributed by atoms with Gasteiger partial charge in [0.25, 0.3) is 0 Å². The monoisotopic (exact) mass is 267 g/mol. The summed E-state index contributed by atoms with van der Waals surface area (Å²) in [5.41, 5.74) is 3.09. The normalized spacial score (nSPS) is 17.4. The van der Waals surface area contributed by atoms with E-state index in [1.807, 2.05) is 36.4 Å². The molecule has 0 radical (unpaired) electrons. The molecule has 3 heteroatoms. The van der Waals surface area contributed by atoms with Crippen molar-refractivity contribution in [2.75, 3.05) is 13.7 Å². The lowest BCUT2D eigenvalue weighted by atomic mass is 9.85. The lowest BCUT2D eigenvalue weighted by Crippen LogP contribution is -2.32. The SMILES string of the molecule is COc1ccc(C(=O)C2CNCc3ccccc32)cc1. The van der Waals surface area contributed by atoms with Gasteiger partial charge in [-0.3, -0.25) is 4.79 Å². The van der Waals surface area contributed by atoms with Crippen molar-refractivity contribution >= 4 is 5.78 Å². The van der Waals surface area contributed by atoms with Crippen molar-refractivity contribution in [3.8, 4) is 5.75 Å². The van der Waals surface area contributed by atoms with Gasteiger partial charge in [0.1, 0.15) is 5.75 Å². The number of Topliss-reactive ketones (excluding diaryl/α,β-unsaturated/α-hetero) is 1. The highest BCUT2D eigenvalue weighted by Gasteiger charge is 2.26. The Labute approximate surface area is 118 Å². The lowest BCUT2D eigenvalue weighted by Gasteiger charge is -2.25. The topological polar surface area (TPSA) is 38.3 Å². The van der Waals surface area contributed by atoms with Crippen molar-refractivity contribution in [3.05, 3.63) is 65.2 Å². The molecule has 20 heavy (non-hydrogen) atoms. The number of ketones is 1. The van der Waals surface area contributed by atoms with Crippen molar-refractivity contribution in [1.29, 1.82) is 0 Å². The number of hydrogen-bond acceptors (Lipinski definition) is 3. The largest absolute Gasteiger partial charge is 0.497 e. The molecule has 102 valence electrons. The highest BCUT2D eigenvalue weighted by atomic mass is 16.5. The van der Waals surface area contributed by atoms with Crippen molar-refractivity contribution < 1.29 is 9.53 Å². The average Bonchev–Trinajstić information content (AvgIpc) is 2.54. The Kier molecular flexibility index (Phi) is 3.52. The molecule has 0 aliphatic carbocycles. The molecule has 0 saturated carbocycles. The second kappa shape index (κ2) is 5.47. The van der Waals surface area contributed by atoms with Crippen LogP contribution in [0.25, 0.3) is 0 Å². The van der Waals surface area contributed by atoms with E-state index in [0.29, 0.717) is 6.54 Å². The Hall–Kier alpha value is -2.13. The van der Waals surface area contributed by atoms with Crippen molar-refractivity contribution in [3.63, 3.8) is 0 Å². The van der Waals surface area contributed by atoms with Gasteiger partial charge < -0.3 is 10.1 Å². The highest BCUT2D eigenvalue weighted by molar-refractivity contribution is 6.01. The van der Waals surface area contributed by atoms with Gasteiger partial charge in [0.15, 0.2) is 5.78 Å². The minimum Gasteiger partial charge on any atom is -0.497 e. The minimum atomic E-state index is -0.103. The first kappa shape index (κ1) is 12.9. The second-order valence-corrected chi connectivity index (χ2v) is 4.98. The van der Waals surface area contributed by atoms with Gasteiger partial charge in [0, 0.05) is 18.7 Å². The van der Waals surface area contributed by atoms with E-state index in [2.05, 4.69) is 17.4 Å². The summed E-state index contributed by atoms with van der Waals surface area (Å²) < 4.78 is 5.13. The zero-order valence-corrected chi connectivity index (χ0v) is 11.4. The van der Waals surface area contributed by atoms with Crippen LogP contribution in [0.4, 0.5) is 0 Å². The number of rotatable bonds is 3. The number of nitrogens with one attached hydrogen (secondary N) is 1. The molecule has 1 aliphatic rings. The molecule has 1 heterocycles. The maximum atomic E-state index is 12.7. The number of hydrogen-bond donors (Lipinski definition) is 1. The van der Waals surface area contributed by atoms with Crippen molar-refractivity contribution in [1.82, 2.24) is 5.32 Å². The molecule has 0 amide bonds. The smallest absolute Gasteiger partial charge is 0.171 e. The molecule has 1 aliphatic heterocycles. The van der Waals surface area contributed by atoms with Gasteiger partial charge in [0.2, 0.25) is 0 Å². The van der Waals surface area contributed by atoms with Crippen molar-refractivity contribution in [2.24, 2.45) is 0 Å². The summed E-state index contributed by atoms with van der Waals surface area (Å²) in [6, 6.07) is 15.5. The van der Waals surface area contributed by atoms with E-state index >= 15 is 0 Å². The molecule has 2 aromatic rings. The van der Waals surface area contributed by atoms with E-state index in [0.717, 1.165) is 23.4 Å². The van der Waals surface area contributed by atoms with E-state index < -0.39 is 0 Å². The van der Waals surface area contributed by atoms with Crippen LogP contribution in [0.2, 0.25) is 0 Å². The van der Waals surface area contributed by atoms with E-state index in [-0.39, 0.29) is 11.7 Å². The number of fused-ring (bicyclic) bond motifs is 1. The van der Waals surface area contributed by atoms with Crippen LogP contribution in [0.1, 0.15) is 27.4 Å². The number of carbonyl (C=O) groups excluding carboxylic acids is 1. The first-order valence-corrected chi connectivity index (χ1v) is 6.76. The summed E-state index contributed by atoms with van der Waals surface area (Å²) in [6.45, 7) is 1.53. The number of benzene rings is 2. The predicted octanol–water partition coefficient (Wildman–Crippen LogP) is 2.76. The maximum Gasteiger partial charge on any atom is 0.171 e. The predicted molar refractivity (Wildman–Crippen MR) is 78.2 cm³/mol. The maximum absolute atomic E-state index is 12.7. The minimum absolute atomic E-state index is 0.103. The molecule has 2 aromatic carbocycles. The molecule has 0 bridgehead atoms. The second-order valence-electron chi connectivity index (χ2n) is 4.98. The van der Waals surface area contributed by atoms with E-state index in [1.54, 1.807) is 7.11 Å². The third-order valence-electron chi connectivity index (χ3n) is 3.79. The van der Waals surface area contributed by atoms with Gasteiger partial charge in [-0.2, -0.15) is 0 Å². The molecule has 1 N–H and O–H groups in total. The van der Waals surface area contributed by atoms with E-state index in [9.17, 15) is 4.79 Å². The molecule has 0 fully saturated rings. The van der Waals surface area contributed by atoms with Crippen LogP contribution >= 0.6 is 0 Å². The van der Waals surface area contributed by atoms with Gasteiger partial charge in [-0.1, -0.05) is 24.3 Å². The average molecular weight is 267 g/mol. The number of ether oxygens (including phenoxy) is 1. The van der Waals surface area contributed by atoms with Crippen molar-refractivity contribution in [2.45, 2.75) is 12.5 Å². The van der Waals surface area contributed by atoms with Crippen LogP contribution < -0.4 is 10.1 Å². The molecular formula is C17H17NO2. The standard InChI is InChI=1S/C17H17NO2/c1-20-14-8-6-12(7-9-14)17(19)16-11-18-10-13-4-2-3-5-15(13)16/h2-9,16,18H,10-11H2,1H3.